The number of hydrogen-bond donors (Lipinski definition) is 1. The smallest absolute Gasteiger partial charge is 0.264 e. The van der Waals surface area contributed by atoms with E-state index in [0.717, 1.165) is 18.7 Å². The molecule has 0 saturated heterocycles. The van der Waals surface area contributed by atoms with Crippen molar-refractivity contribution < 1.29 is 9.26 Å². The molecule has 5 heteroatoms. The molecule has 1 aromatic carbocycles. The fourth-order valence-corrected chi connectivity index (χ4v) is 2.78. The number of anilines is 1. The van der Waals surface area contributed by atoms with Gasteiger partial charge in [-0.15, -0.1) is 0 Å². The third-order valence-electron chi connectivity index (χ3n) is 3.97. The zero-order valence-electron chi connectivity index (χ0n) is 12.1. The highest BCUT2D eigenvalue weighted by molar-refractivity contribution is 5.51. The Balaban J connectivity index is 1.61. The van der Waals surface area contributed by atoms with Crippen LogP contribution < -0.4 is 10.5 Å². The molecule has 1 aliphatic carbocycles. The van der Waals surface area contributed by atoms with Crippen LogP contribution >= 0.6 is 0 Å². The van der Waals surface area contributed by atoms with Gasteiger partial charge in [0.25, 0.3) is 5.89 Å². The molecule has 3 rings (SSSR count). The second-order valence-electron chi connectivity index (χ2n) is 5.56. The van der Waals surface area contributed by atoms with Crippen LogP contribution in [0.2, 0.25) is 0 Å². The number of benzene rings is 1. The number of para-hydroxylation sites is 2. The zero-order valence-corrected chi connectivity index (χ0v) is 12.1. The molecule has 0 unspecified atom stereocenters. The normalized spacial score (nSPS) is 16.6. The zero-order chi connectivity index (χ0) is 14.5. The van der Waals surface area contributed by atoms with E-state index in [4.69, 9.17) is 15.0 Å². The average molecular weight is 287 g/mol. The van der Waals surface area contributed by atoms with Crippen LogP contribution in [0.3, 0.4) is 0 Å². The van der Waals surface area contributed by atoms with E-state index in [1.165, 1.54) is 25.7 Å². The summed E-state index contributed by atoms with van der Waals surface area (Å²) in [7, 11) is 0. The topological polar surface area (TPSA) is 74.2 Å². The van der Waals surface area contributed by atoms with Gasteiger partial charge in [-0.3, -0.25) is 0 Å². The lowest BCUT2D eigenvalue weighted by Gasteiger charge is -2.07. The average Bonchev–Trinajstić information content (AvgIpc) is 2.80. The highest BCUT2D eigenvalue weighted by atomic mass is 16.5. The van der Waals surface area contributed by atoms with Crippen molar-refractivity contribution in [3.8, 4) is 5.75 Å². The van der Waals surface area contributed by atoms with E-state index in [2.05, 4.69) is 10.1 Å². The Labute approximate surface area is 124 Å². The molecule has 2 aromatic rings. The highest BCUT2D eigenvalue weighted by Crippen LogP contribution is 2.30. The standard InChI is InChI=1S/C16H21N3O2/c17-13-9-5-6-10-14(13)20-11-15-18-16(19-21-15)12-7-3-1-2-4-8-12/h5-6,9-10,12H,1-4,7-8,11,17H2. The van der Waals surface area contributed by atoms with Crippen LogP contribution in [-0.2, 0) is 6.61 Å². The minimum Gasteiger partial charge on any atom is -0.482 e. The highest BCUT2D eigenvalue weighted by Gasteiger charge is 2.20. The van der Waals surface area contributed by atoms with Gasteiger partial charge in [-0.2, -0.15) is 4.98 Å². The summed E-state index contributed by atoms with van der Waals surface area (Å²) < 4.78 is 10.9. The maximum Gasteiger partial charge on any atom is 0.264 e. The summed E-state index contributed by atoms with van der Waals surface area (Å²) >= 11 is 0. The largest absolute Gasteiger partial charge is 0.482 e. The van der Waals surface area contributed by atoms with E-state index in [-0.39, 0.29) is 6.61 Å². The Kier molecular flexibility index (Phi) is 4.38. The summed E-state index contributed by atoms with van der Waals surface area (Å²) in [5, 5.41) is 4.12. The monoisotopic (exact) mass is 287 g/mol. The van der Waals surface area contributed by atoms with Crippen molar-refractivity contribution in [2.24, 2.45) is 0 Å². The number of rotatable bonds is 4. The van der Waals surface area contributed by atoms with Gasteiger partial charge in [-0.1, -0.05) is 43.0 Å². The van der Waals surface area contributed by atoms with E-state index in [0.29, 0.717) is 23.2 Å². The molecule has 0 spiro atoms. The maximum absolute atomic E-state index is 5.83. The minimum atomic E-state index is 0.258. The first-order chi connectivity index (χ1) is 10.3. The number of hydrogen-bond acceptors (Lipinski definition) is 5. The molecule has 1 fully saturated rings. The summed E-state index contributed by atoms with van der Waals surface area (Å²) in [6.07, 6.45) is 7.46. The van der Waals surface area contributed by atoms with Crippen molar-refractivity contribution in [3.63, 3.8) is 0 Å². The van der Waals surface area contributed by atoms with Crippen LogP contribution in [0.15, 0.2) is 28.8 Å². The van der Waals surface area contributed by atoms with Gasteiger partial charge in [0.2, 0.25) is 0 Å². The lowest BCUT2D eigenvalue weighted by molar-refractivity contribution is 0.243. The predicted octanol–water partition coefficient (Wildman–Crippen LogP) is 3.67. The van der Waals surface area contributed by atoms with Gasteiger partial charge in [0.1, 0.15) is 5.75 Å². The van der Waals surface area contributed by atoms with Gasteiger partial charge in [-0.25, -0.2) is 0 Å². The molecule has 1 aromatic heterocycles. The molecule has 1 saturated carbocycles. The number of nitrogens with two attached hydrogens (primary N) is 1. The van der Waals surface area contributed by atoms with Gasteiger partial charge in [0.05, 0.1) is 5.69 Å². The van der Waals surface area contributed by atoms with Crippen LogP contribution in [-0.4, -0.2) is 10.1 Å². The van der Waals surface area contributed by atoms with Crippen molar-refractivity contribution in [2.75, 3.05) is 5.73 Å². The Bertz CT molecular complexity index is 574. The molecule has 0 aliphatic heterocycles. The summed E-state index contributed by atoms with van der Waals surface area (Å²) in [5.74, 6) is 2.42. The first-order valence-corrected chi connectivity index (χ1v) is 7.63. The molecule has 1 heterocycles. The second-order valence-corrected chi connectivity index (χ2v) is 5.56. The fourth-order valence-electron chi connectivity index (χ4n) is 2.78. The molecular weight excluding hydrogens is 266 g/mol. The second kappa shape index (κ2) is 6.61. The molecule has 0 atom stereocenters. The van der Waals surface area contributed by atoms with Crippen molar-refractivity contribution in [2.45, 2.75) is 51.0 Å². The van der Waals surface area contributed by atoms with Crippen LogP contribution in [0.1, 0.15) is 56.2 Å². The van der Waals surface area contributed by atoms with Crippen molar-refractivity contribution in [1.82, 2.24) is 10.1 Å². The molecule has 0 radical (unpaired) electrons. The van der Waals surface area contributed by atoms with Gasteiger partial charge >= 0.3 is 0 Å². The molecule has 112 valence electrons. The Morgan fingerprint density at radius 3 is 2.67 bits per heavy atom. The van der Waals surface area contributed by atoms with E-state index in [1.54, 1.807) is 6.07 Å². The third kappa shape index (κ3) is 3.54. The number of ether oxygens (including phenoxy) is 1. The van der Waals surface area contributed by atoms with E-state index < -0.39 is 0 Å². The van der Waals surface area contributed by atoms with Gasteiger partial charge in [-0.05, 0) is 25.0 Å². The van der Waals surface area contributed by atoms with Crippen molar-refractivity contribution in [3.05, 3.63) is 36.0 Å². The Morgan fingerprint density at radius 2 is 1.90 bits per heavy atom. The van der Waals surface area contributed by atoms with E-state index >= 15 is 0 Å². The first-order valence-electron chi connectivity index (χ1n) is 7.63. The number of aromatic nitrogens is 2. The summed E-state index contributed by atoms with van der Waals surface area (Å²) in [4.78, 5) is 4.48. The van der Waals surface area contributed by atoms with Crippen LogP contribution in [0, 0.1) is 0 Å². The molecule has 2 N–H and O–H groups in total. The minimum absolute atomic E-state index is 0.258. The van der Waals surface area contributed by atoms with Gasteiger partial charge < -0.3 is 15.0 Å². The van der Waals surface area contributed by atoms with Crippen molar-refractivity contribution in [1.29, 1.82) is 0 Å². The fraction of sp³-hybridized carbons (Fsp3) is 0.500. The molecular formula is C16H21N3O2. The quantitative estimate of drug-likeness (QED) is 0.686. The summed E-state index contributed by atoms with van der Waals surface area (Å²) in [6, 6.07) is 7.40. The van der Waals surface area contributed by atoms with E-state index in [9.17, 15) is 0 Å². The third-order valence-corrected chi connectivity index (χ3v) is 3.97. The molecule has 5 nitrogen and oxygen atoms in total. The van der Waals surface area contributed by atoms with E-state index in [1.807, 2.05) is 18.2 Å². The summed E-state index contributed by atoms with van der Waals surface area (Å²) in [5.41, 5.74) is 6.44. The lowest BCUT2D eigenvalue weighted by atomic mass is 10.00. The Hall–Kier alpha value is -2.04. The van der Waals surface area contributed by atoms with Crippen LogP contribution in [0.4, 0.5) is 5.69 Å². The number of nitrogen functional groups attached to an aromatic ring is 1. The molecule has 21 heavy (non-hydrogen) atoms. The van der Waals surface area contributed by atoms with Gasteiger partial charge in [0, 0.05) is 5.92 Å². The lowest BCUT2D eigenvalue weighted by Crippen LogP contribution is -2.01. The van der Waals surface area contributed by atoms with Crippen LogP contribution in [0.5, 0.6) is 5.75 Å². The van der Waals surface area contributed by atoms with Gasteiger partial charge in [0.15, 0.2) is 12.4 Å². The number of nitrogens with zero attached hydrogens (tertiary/aromatic N) is 2. The first kappa shape index (κ1) is 13.9. The molecule has 1 aliphatic rings. The maximum atomic E-state index is 5.83. The predicted molar refractivity (Wildman–Crippen MR) is 79.9 cm³/mol. The molecule has 0 amide bonds. The van der Waals surface area contributed by atoms with Crippen LogP contribution in [0.25, 0.3) is 0 Å². The van der Waals surface area contributed by atoms with Crippen molar-refractivity contribution >= 4 is 5.69 Å². The molecule has 0 bridgehead atoms. The summed E-state index contributed by atoms with van der Waals surface area (Å²) in [6.45, 7) is 0.258. The Morgan fingerprint density at radius 1 is 1.14 bits per heavy atom. The SMILES string of the molecule is Nc1ccccc1OCc1nc(C2CCCCCC2)no1.